The number of aryl methyl sites for hydroxylation is 1. The molecule has 1 N–H and O–H groups in total. The van der Waals surface area contributed by atoms with Crippen LogP contribution >= 0.6 is 11.5 Å². The molecule has 1 aromatic heterocycles. The predicted octanol–water partition coefficient (Wildman–Crippen LogP) is 3.51. The van der Waals surface area contributed by atoms with Crippen molar-refractivity contribution in [3.63, 3.8) is 0 Å². The van der Waals surface area contributed by atoms with Gasteiger partial charge in [-0.3, -0.25) is 9.69 Å². The lowest BCUT2D eigenvalue weighted by Crippen LogP contribution is -2.38. The normalized spacial score (nSPS) is 20.9. The quantitative estimate of drug-likeness (QED) is 0.843. The standard InChI is InChI=1S/C20H28N4OS/c1-4-18-19(26-23-22-18)20(25)21-10-16-7-5-6-8-17(16)13-24-11-14(2)9-15(3)12-24/h5-8,14-15H,4,9-13H2,1-3H3,(H,21,25)/t14-,15+. The van der Waals surface area contributed by atoms with Gasteiger partial charge in [-0.1, -0.05) is 49.5 Å². The highest BCUT2D eigenvalue weighted by Crippen LogP contribution is 2.23. The van der Waals surface area contributed by atoms with Crippen LogP contribution in [0.15, 0.2) is 24.3 Å². The van der Waals surface area contributed by atoms with Crippen molar-refractivity contribution in [2.75, 3.05) is 13.1 Å². The average Bonchev–Trinajstić information content (AvgIpc) is 3.08. The number of rotatable bonds is 6. The predicted molar refractivity (Wildman–Crippen MR) is 105 cm³/mol. The monoisotopic (exact) mass is 372 g/mol. The van der Waals surface area contributed by atoms with Crippen molar-refractivity contribution >= 4 is 17.4 Å². The molecule has 0 radical (unpaired) electrons. The van der Waals surface area contributed by atoms with Crippen LogP contribution in [0.3, 0.4) is 0 Å². The van der Waals surface area contributed by atoms with Gasteiger partial charge in [0.2, 0.25) is 0 Å². The van der Waals surface area contributed by atoms with Gasteiger partial charge in [0.25, 0.3) is 5.91 Å². The van der Waals surface area contributed by atoms with Crippen LogP contribution in [0.25, 0.3) is 0 Å². The molecule has 26 heavy (non-hydrogen) atoms. The fraction of sp³-hybridized carbons (Fsp3) is 0.550. The van der Waals surface area contributed by atoms with Crippen molar-refractivity contribution in [1.82, 2.24) is 19.8 Å². The maximum Gasteiger partial charge on any atom is 0.265 e. The van der Waals surface area contributed by atoms with Gasteiger partial charge in [-0.25, -0.2) is 0 Å². The number of carbonyl (C=O) groups excluding carboxylic acids is 1. The Labute approximate surface area is 160 Å². The van der Waals surface area contributed by atoms with Gasteiger partial charge >= 0.3 is 0 Å². The van der Waals surface area contributed by atoms with Crippen molar-refractivity contribution in [2.45, 2.75) is 46.7 Å². The van der Waals surface area contributed by atoms with Crippen LogP contribution in [0.2, 0.25) is 0 Å². The summed E-state index contributed by atoms with van der Waals surface area (Å²) in [5.41, 5.74) is 3.26. The lowest BCUT2D eigenvalue weighted by molar-refractivity contribution is 0.0953. The smallest absolute Gasteiger partial charge is 0.265 e. The zero-order valence-corrected chi connectivity index (χ0v) is 16.7. The molecule has 0 saturated carbocycles. The Kier molecular flexibility index (Phi) is 6.38. The van der Waals surface area contributed by atoms with E-state index in [9.17, 15) is 4.79 Å². The summed E-state index contributed by atoms with van der Waals surface area (Å²) in [6.45, 7) is 10.4. The molecule has 1 aliphatic rings. The molecule has 1 amide bonds. The van der Waals surface area contributed by atoms with Crippen molar-refractivity contribution in [3.05, 3.63) is 46.0 Å². The van der Waals surface area contributed by atoms with E-state index >= 15 is 0 Å². The molecule has 2 heterocycles. The van der Waals surface area contributed by atoms with Gasteiger partial charge in [0.1, 0.15) is 4.88 Å². The van der Waals surface area contributed by atoms with E-state index in [1.54, 1.807) is 0 Å². The number of likely N-dealkylation sites (tertiary alicyclic amines) is 1. The second kappa shape index (κ2) is 8.73. The number of piperidine rings is 1. The van der Waals surface area contributed by atoms with Crippen LogP contribution < -0.4 is 5.32 Å². The molecule has 1 saturated heterocycles. The van der Waals surface area contributed by atoms with Gasteiger partial charge in [0, 0.05) is 26.2 Å². The average molecular weight is 373 g/mol. The van der Waals surface area contributed by atoms with Crippen LogP contribution in [0.1, 0.15) is 53.7 Å². The van der Waals surface area contributed by atoms with Gasteiger partial charge in [-0.15, -0.1) is 5.10 Å². The van der Waals surface area contributed by atoms with E-state index in [0.717, 1.165) is 43.6 Å². The molecule has 0 unspecified atom stereocenters. The summed E-state index contributed by atoms with van der Waals surface area (Å²) in [5.74, 6) is 1.42. The molecule has 0 spiro atoms. The minimum Gasteiger partial charge on any atom is -0.347 e. The minimum absolute atomic E-state index is 0.0770. The summed E-state index contributed by atoms with van der Waals surface area (Å²) in [6.07, 6.45) is 2.04. The Morgan fingerprint density at radius 2 is 1.92 bits per heavy atom. The third kappa shape index (κ3) is 4.68. The number of hydrogen-bond acceptors (Lipinski definition) is 5. The number of carbonyl (C=O) groups is 1. The molecule has 3 rings (SSSR count). The third-order valence-electron chi connectivity index (χ3n) is 4.99. The van der Waals surface area contributed by atoms with Gasteiger partial charge in [-0.2, -0.15) is 0 Å². The Morgan fingerprint density at radius 3 is 2.62 bits per heavy atom. The van der Waals surface area contributed by atoms with Crippen molar-refractivity contribution in [1.29, 1.82) is 0 Å². The van der Waals surface area contributed by atoms with E-state index in [0.29, 0.717) is 11.4 Å². The van der Waals surface area contributed by atoms with E-state index < -0.39 is 0 Å². The number of nitrogens with one attached hydrogen (secondary N) is 1. The van der Waals surface area contributed by atoms with E-state index in [1.165, 1.54) is 29.1 Å². The van der Waals surface area contributed by atoms with Crippen LogP contribution in [0.5, 0.6) is 0 Å². The first-order valence-electron chi connectivity index (χ1n) is 9.45. The highest BCUT2D eigenvalue weighted by atomic mass is 32.1. The molecular weight excluding hydrogens is 344 g/mol. The summed E-state index contributed by atoms with van der Waals surface area (Å²) < 4.78 is 3.90. The van der Waals surface area contributed by atoms with E-state index in [-0.39, 0.29) is 5.91 Å². The van der Waals surface area contributed by atoms with Gasteiger partial charge in [0.15, 0.2) is 0 Å². The van der Waals surface area contributed by atoms with Gasteiger partial charge < -0.3 is 5.32 Å². The second-order valence-electron chi connectivity index (χ2n) is 7.49. The summed E-state index contributed by atoms with van der Waals surface area (Å²) >= 11 is 1.17. The highest BCUT2D eigenvalue weighted by Gasteiger charge is 2.22. The van der Waals surface area contributed by atoms with Gasteiger partial charge in [0.05, 0.1) is 5.69 Å². The maximum atomic E-state index is 12.5. The Morgan fingerprint density at radius 1 is 1.23 bits per heavy atom. The molecule has 1 fully saturated rings. The molecule has 0 bridgehead atoms. The topological polar surface area (TPSA) is 58.1 Å². The van der Waals surface area contributed by atoms with Crippen LogP contribution in [-0.4, -0.2) is 33.5 Å². The van der Waals surface area contributed by atoms with E-state index in [1.807, 2.05) is 13.0 Å². The molecule has 2 atom stereocenters. The Bertz CT molecular complexity index is 735. The number of aromatic nitrogens is 2. The number of amides is 1. The summed E-state index contributed by atoms with van der Waals surface area (Å²) in [7, 11) is 0. The van der Waals surface area contributed by atoms with Gasteiger partial charge in [-0.05, 0) is 47.3 Å². The lowest BCUT2D eigenvalue weighted by atomic mass is 9.91. The zero-order chi connectivity index (χ0) is 18.5. The first-order valence-corrected chi connectivity index (χ1v) is 10.2. The lowest BCUT2D eigenvalue weighted by Gasteiger charge is -2.35. The molecule has 140 valence electrons. The fourth-order valence-electron chi connectivity index (χ4n) is 3.91. The van der Waals surface area contributed by atoms with Crippen LogP contribution in [0.4, 0.5) is 0 Å². The molecule has 1 aliphatic heterocycles. The first kappa shape index (κ1) is 19.0. The number of nitrogens with zero attached hydrogens (tertiary/aromatic N) is 3. The largest absolute Gasteiger partial charge is 0.347 e. The number of benzene rings is 1. The number of hydrogen-bond donors (Lipinski definition) is 1. The molecule has 2 aromatic rings. The molecule has 5 nitrogen and oxygen atoms in total. The zero-order valence-electron chi connectivity index (χ0n) is 15.9. The summed E-state index contributed by atoms with van der Waals surface area (Å²) in [5, 5.41) is 7.07. The Balaban J connectivity index is 1.65. The molecular formula is C20H28N4OS. The molecule has 0 aliphatic carbocycles. The van der Waals surface area contributed by atoms with Crippen molar-refractivity contribution in [3.8, 4) is 0 Å². The van der Waals surface area contributed by atoms with E-state index in [2.05, 4.69) is 51.9 Å². The minimum atomic E-state index is -0.0770. The Hall–Kier alpha value is -1.79. The van der Waals surface area contributed by atoms with Crippen molar-refractivity contribution < 1.29 is 4.79 Å². The molecule has 6 heteroatoms. The SMILES string of the molecule is CCc1nnsc1C(=O)NCc1ccccc1CN1C[C@H](C)C[C@H](C)C1. The maximum absolute atomic E-state index is 12.5. The van der Waals surface area contributed by atoms with E-state index in [4.69, 9.17) is 0 Å². The second-order valence-corrected chi connectivity index (χ2v) is 8.25. The van der Waals surface area contributed by atoms with Crippen LogP contribution in [0, 0.1) is 11.8 Å². The van der Waals surface area contributed by atoms with Crippen molar-refractivity contribution in [2.24, 2.45) is 11.8 Å². The first-order chi connectivity index (χ1) is 12.6. The third-order valence-corrected chi connectivity index (χ3v) is 5.76. The fourth-order valence-corrected chi connectivity index (χ4v) is 4.58. The summed E-state index contributed by atoms with van der Waals surface area (Å²) in [6, 6.07) is 8.41. The highest BCUT2D eigenvalue weighted by molar-refractivity contribution is 7.08. The molecule has 1 aromatic carbocycles. The summed E-state index contributed by atoms with van der Waals surface area (Å²) in [4.78, 5) is 15.6. The van der Waals surface area contributed by atoms with Crippen LogP contribution in [-0.2, 0) is 19.5 Å².